The largest absolute Gasteiger partial charge is 0.455 e. The molecule has 0 aliphatic carbocycles. The quantitative estimate of drug-likeness (QED) is 0.604. The van der Waals surface area contributed by atoms with E-state index in [1.54, 1.807) is 20.0 Å². The fourth-order valence-electron chi connectivity index (χ4n) is 3.59. The molecule has 32 heavy (non-hydrogen) atoms. The van der Waals surface area contributed by atoms with Gasteiger partial charge in [0, 0.05) is 31.4 Å². The summed E-state index contributed by atoms with van der Waals surface area (Å²) in [6, 6.07) is 1.12. The number of pyridine rings is 1. The van der Waals surface area contributed by atoms with E-state index >= 15 is 0 Å². The van der Waals surface area contributed by atoms with Crippen LogP contribution in [-0.4, -0.2) is 50.1 Å². The van der Waals surface area contributed by atoms with E-state index in [1.165, 1.54) is 6.92 Å². The number of carbonyl (C=O) groups is 1. The smallest absolute Gasteiger partial charge is 0.358 e. The molecule has 0 aromatic carbocycles. The van der Waals surface area contributed by atoms with E-state index in [1.807, 2.05) is 11.0 Å². The number of aromatic nitrogens is 5. The van der Waals surface area contributed by atoms with Gasteiger partial charge in [-0.2, -0.15) is 18.2 Å². The second-order valence-corrected chi connectivity index (χ2v) is 7.63. The summed E-state index contributed by atoms with van der Waals surface area (Å²) in [4.78, 5) is 30.1. The number of anilines is 2. The van der Waals surface area contributed by atoms with Crippen molar-refractivity contribution in [2.24, 2.45) is 0 Å². The number of hydrogen-bond acceptors (Lipinski definition) is 9. The highest BCUT2D eigenvalue weighted by Crippen LogP contribution is 2.30. The van der Waals surface area contributed by atoms with Gasteiger partial charge in [-0.1, -0.05) is 5.16 Å². The summed E-state index contributed by atoms with van der Waals surface area (Å²) in [5.74, 6) is -0.0657. The van der Waals surface area contributed by atoms with Gasteiger partial charge in [-0.25, -0.2) is 15.0 Å². The van der Waals surface area contributed by atoms with E-state index < -0.39 is 18.0 Å². The highest BCUT2D eigenvalue weighted by molar-refractivity contribution is 5.90. The average molecular weight is 450 g/mol. The summed E-state index contributed by atoms with van der Waals surface area (Å²) < 4.78 is 43.1. The molecule has 170 valence electrons. The Morgan fingerprint density at radius 2 is 2.09 bits per heavy atom. The summed E-state index contributed by atoms with van der Waals surface area (Å²) in [7, 11) is 0. The predicted molar refractivity (Wildman–Crippen MR) is 108 cm³/mol. The lowest BCUT2D eigenvalue weighted by atomic mass is 10.2. The van der Waals surface area contributed by atoms with E-state index in [9.17, 15) is 18.0 Å². The van der Waals surface area contributed by atoms with Gasteiger partial charge in [0.15, 0.2) is 0 Å². The Kier molecular flexibility index (Phi) is 5.57. The number of fused-ring (bicyclic) bond motifs is 1. The van der Waals surface area contributed by atoms with Crippen molar-refractivity contribution in [1.29, 1.82) is 0 Å². The molecule has 1 aliphatic rings. The van der Waals surface area contributed by atoms with Crippen LogP contribution in [0.5, 0.6) is 0 Å². The molecule has 4 rings (SSSR count). The zero-order valence-corrected chi connectivity index (χ0v) is 17.6. The highest BCUT2D eigenvalue weighted by Gasteiger charge is 2.37. The van der Waals surface area contributed by atoms with Crippen LogP contribution < -0.4 is 15.5 Å². The number of aryl methyl sites for hydroxylation is 1. The maximum Gasteiger partial charge on any atom is 0.455 e. The number of alkyl halides is 3. The predicted octanol–water partition coefficient (Wildman–Crippen LogP) is 2.62. The van der Waals surface area contributed by atoms with Crippen LogP contribution in [0.15, 0.2) is 16.8 Å². The molecule has 2 N–H and O–H groups in total. The minimum Gasteiger partial charge on any atom is -0.358 e. The van der Waals surface area contributed by atoms with E-state index in [0.717, 1.165) is 13.0 Å². The Morgan fingerprint density at radius 3 is 2.78 bits per heavy atom. The van der Waals surface area contributed by atoms with Crippen LogP contribution in [0.25, 0.3) is 10.9 Å². The Hall–Kier alpha value is -3.51. The van der Waals surface area contributed by atoms with Crippen LogP contribution in [0.2, 0.25) is 0 Å². The molecule has 0 bridgehead atoms. The topological polar surface area (TPSA) is 122 Å². The van der Waals surface area contributed by atoms with Gasteiger partial charge in [-0.15, -0.1) is 0 Å². The van der Waals surface area contributed by atoms with Crippen LogP contribution in [-0.2, 0) is 11.0 Å². The molecule has 4 heterocycles. The average Bonchev–Trinajstić information content (AvgIpc) is 3.37. The van der Waals surface area contributed by atoms with Gasteiger partial charge < -0.3 is 20.1 Å². The van der Waals surface area contributed by atoms with Gasteiger partial charge in [0.25, 0.3) is 5.82 Å². The molecular weight excluding hydrogens is 429 g/mol. The molecule has 10 nitrogen and oxygen atoms in total. The van der Waals surface area contributed by atoms with Crippen LogP contribution in [0.4, 0.5) is 24.8 Å². The first kappa shape index (κ1) is 21.7. The zero-order chi connectivity index (χ0) is 23.0. The van der Waals surface area contributed by atoms with Gasteiger partial charge in [0.05, 0.1) is 11.7 Å². The summed E-state index contributed by atoms with van der Waals surface area (Å²) >= 11 is 0. The van der Waals surface area contributed by atoms with Gasteiger partial charge in [0.1, 0.15) is 23.5 Å². The number of nitrogens with zero attached hydrogens (tertiary/aromatic N) is 6. The minimum atomic E-state index is -4.69. The van der Waals surface area contributed by atoms with E-state index in [4.69, 9.17) is 4.52 Å². The molecule has 13 heteroatoms. The number of hydrogen-bond donors (Lipinski definition) is 2. The van der Waals surface area contributed by atoms with Gasteiger partial charge in [0.2, 0.25) is 11.8 Å². The number of amides is 1. The van der Waals surface area contributed by atoms with Gasteiger partial charge >= 0.3 is 6.18 Å². The first-order valence-corrected chi connectivity index (χ1v) is 9.94. The Bertz CT molecular complexity index is 1150. The van der Waals surface area contributed by atoms with Crippen molar-refractivity contribution in [1.82, 2.24) is 30.4 Å². The first-order chi connectivity index (χ1) is 15.1. The van der Waals surface area contributed by atoms with E-state index in [2.05, 4.69) is 35.7 Å². The second-order valence-electron chi connectivity index (χ2n) is 7.63. The number of carbonyl (C=O) groups excluding carboxylic acids is 1. The lowest BCUT2D eigenvalue weighted by Gasteiger charge is -2.19. The van der Waals surface area contributed by atoms with Crippen LogP contribution in [0, 0.1) is 6.92 Å². The molecular formula is C19H21F3N8O2. The van der Waals surface area contributed by atoms with Crippen LogP contribution in [0.3, 0.4) is 0 Å². The van der Waals surface area contributed by atoms with E-state index in [0.29, 0.717) is 34.9 Å². The van der Waals surface area contributed by atoms with Gasteiger partial charge in [-0.05, 0) is 26.3 Å². The molecule has 1 aliphatic heterocycles. The fraction of sp³-hybridized carbons (Fsp3) is 0.474. The number of halogens is 3. The lowest BCUT2D eigenvalue weighted by molar-refractivity contribution is -0.146. The summed E-state index contributed by atoms with van der Waals surface area (Å²) in [5.41, 5.74) is 0.579. The van der Waals surface area contributed by atoms with Crippen molar-refractivity contribution in [2.75, 3.05) is 23.3 Å². The molecule has 0 spiro atoms. The molecule has 1 fully saturated rings. The maximum atomic E-state index is 12.8. The third-order valence-corrected chi connectivity index (χ3v) is 5.02. The highest BCUT2D eigenvalue weighted by atomic mass is 19.4. The number of rotatable bonds is 5. The summed E-state index contributed by atoms with van der Waals surface area (Å²) in [5, 5.41) is 9.58. The Balaban J connectivity index is 1.60. The summed E-state index contributed by atoms with van der Waals surface area (Å²) in [6.07, 6.45) is -2.27. The van der Waals surface area contributed by atoms with Crippen molar-refractivity contribution in [3.63, 3.8) is 0 Å². The SMILES string of the molecule is CC(=O)N[C@@H]1CCN(c2cc3c(NC(C)c4nc(C(F)(F)F)no4)nc(C)nc3cn2)C1. The third kappa shape index (κ3) is 4.55. The third-order valence-electron chi connectivity index (χ3n) is 5.02. The van der Waals surface area contributed by atoms with Crippen molar-refractivity contribution in [3.05, 3.63) is 29.8 Å². The first-order valence-electron chi connectivity index (χ1n) is 9.94. The van der Waals surface area contributed by atoms with Crippen molar-refractivity contribution < 1.29 is 22.5 Å². The van der Waals surface area contributed by atoms with Gasteiger partial charge in [-0.3, -0.25) is 4.79 Å². The second kappa shape index (κ2) is 8.20. The maximum absolute atomic E-state index is 12.8. The molecule has 3 aromatic heterocycles. The minimum absolute atomic E-state index is 0.0391. The monoisotopic (exact) mass is 450 g/mol. The lowest BCUT2D eigenvalue weighted by Crippen LogP contribution is -2.35. The molecule has 1 unspecified atom stereocenters. The zero-order valence-electron chi connectivity index (χ0n) is 17.6. The Labute approximate surface area is 180 Å². The van der Waals surface area contributed by atoms with Crippen molar-refractivity contribution >= 4 is 28.4 Å². The van der Waals surface area contributed by atoms with Crippen molar-refractivity contribution in [3.8, 4) is 0 Å². The molecule has 0 radical (unpaired) electrons. The standard InChI is InChI=1S/C19H21F3N8O2/c1-9(17-28-18(29-32-17)19(20,21)22)24-16-13-6-15(23-7-14(13)25-10(2)26-16)30-5-4-12(8-30)27-11(3)31/h6-7,9,12H,4-5,8H2,1-3H3,(H,27,31)(H,24,25,26)/t9?,12-/m1/s1. The molecule has 1 saturated heterocycles. The normalized spacial score (nSPS) is 17.6. The van der Waals surface area contributed by atoms with Crippen LogP contribution in [0.1, 0.15) is 43.8 Å². The molecule has 1 amide bonds. The van der Waals surface area contributed by atoms with Crippen molar-refractivity contribution in [2.45, 2.75) is 45.5 Å². The summed E-state index contributed by atoms with van der Waals surface area (Å²) in [6.45, 7) is 6.12. The van der Waals surface area contributed by atoms with E-state index in [-0.39, 0.29) is 17.8 Å². The Morgan fingerprint density at radius 1 is 1.31 bits per heavy atom. The fourth-order valence-corrected chi connectivity index (χ4v) is 3.59. The van der Waals surface area contributed by atoms with Crippen LogP contribution >= 0.6 is 0 Å². The molecule has 2 atom stereocenters. The molecule has 3 aromatic rings. The molecule has 0 saturated carbocycles. The number of nitrogens with one attached hydrogen (secondary N) is 2.